The molecule has 0 saturated carbocycles. The average molecular weight is 1070 g/mol. The van der Waals surface area contributed by atoms with Gasteiger partial charge < -0.3 is 45.1 Å². The normalized spacial score (nSPS) is 19.2. The van der Waals surface area contributed by atoms with Crippen LogP contribution < -0.4 is 5.32 Å². The van der Waals surface area contributed by atoms with Gasteiger partial charge in [0, 0.05) is 12.8 Å². The van der Waals surface area contributed by atoms with E-state index in [9.17, 15) is 35.1 Å². The predicted molar refractivity (Wildman–Crippen MR) is 315 cm³/mol. The van der Waals surface area contributed by atoms with Crippen LogP contribution in [0.15, 0.2) is 72.9 Å². The van der Waals surface area contributed by atoms with Crippen molar-refractivity contribution in [3.05, 3.63) is 72.9 Å². The first kappa shape index (κ1) is 71.1. The van der Waals surface area contributed by atoms with Crippen LogP contribution >= 0.6 is 0 Å². The van der Waals surface area contributed by atoms with Crippen molar-refractivity contribution in [2.45, 2.75) is 307 Å². The summed E-state index contributed by atoms with van der Waals surface area (Å²) in [6.45, 7) is 4.05. The number of allylic oxidation sites excluding steroid dienone is 11. The second-order valence-corrected chi connectivity index (χ2v) is 21.4. The third-order valence-corrected chi connectivity index (χ3v) is 14.3. The fraction of sp³-hybridized carbons (Fsp3) is 0.785. The Bertz CT molecular complexity index is 1490. The summed E-state index contributed by atoms with van der Waals surface area (Å²) < 4.78 is 16.7. The van der Waals surface area contributed by atoms with E-state index in [1.165, 1.54) is 148 Å². The van der Waals surface area contributed by atoms with E-state index in [-0.39, 0.29) is 18.5 Å². The van der Waals surface area contributed by atoms with Gasteiger partial charge in [-0.15, -0.1) is 0 Å². The molecule has 7 unspecified atom stereocenters. The first-order valence-electron chi connectivity index (χ1n) is 31.2. The van der Waals surface area contributed by atoms with E-state index >= 15 is 0 Å². The first-order chi connectivity index (χ1) is 37.2. The summed E-state index contributed by atoms with van der Waals surface area (Å²) in [4.78, 5) is 25.1. The van der Waals surface area contributed by atoms with E-state index in [1.807, 2.05) is 19.1 Å². The Morgan fingerprint density at radius 2 is 0.947 bits per heavy atom. The Hall–Kier alpha value is -2.90. The van der Waals surface area contributed by atoms with Crippen LogP contribution in [-0.4, -0.2) is 100 Å². The zero-order valence-electron chi connectivity index (χ0n) is 48.4. The smallest absolute Gasteiger partial charge is 0.305 e. The van der Waals surface area contributed by atoms with Gasteiger partial charge in [-0.25, -0.2) is 0 Å². The molecular weight excluding hydrogens is 955 g/mol. The molecule has 7 atom stereocenters. The molecule has 1 saturated heterocycles. The summed E-state index contributed by atoms with van der Waals surface area (Å²) in [7, 11) is 0. The molecule has 440 valence electrons. The lowest BCUT2D eigenvalue weighted by atomic mass is 9.99. The van der Waals surface area contributed by atoms with Crippen LogP contribution in [0.5, 0.6) is 0 Å². The minimum Gasteiger partial charge on any atom is -0.466 e. The molecule has 6 N–H and O–H groups in total. The van der Waals surface area contributed by atoms with Crippen molar-refractivity contribution < 1.29 is 49.3 Å². The van der Waals surface area contributed by atoms with Gasteiger partial charge in [0.05, 0.1) is 32.0 Å². The van der Waals surface area contributed by atoms with Crippen LogP contribution in [0.3, 0.4) is 0 Å². The zero-order chi connectivity index (χ0) is 55.2. The molecule has 76 heavy (non-hydrogen) atoms. The van der Waals surface area contributed by atoms with E-state index < -0.39 is 49.5 Å². The van der Waals surface area contributed by atoms with Crippen LogP contribution in [0, 0.1) is 0 Å². The summed E-state index contributed by atoms with van der Waals surface area (Å²) in [6, 6.07) is -0.840. The van der Waals surface area contributed by atoms with Crippen LogP contribution in [0.25, 0.3) is 0 Å². The number of aliphatic hydroxyl groups is 5. The SMILES string of the molecule is C/C=C/CC/C=C/CC/C=C/C(O)C(COC1OC(CO)C(O)C(O)C1O)NC(=O)CCCCCCCCC/C=C\CCCCCCCCCCCCCOC(=O)CCCCCCCCC/C=C\C/C=C\CCCCC. The van der Waals surface area contributed by atoms with Gasteiger partial charge in [0.25, 0.3) is 0 Å². The van der Waals surface area contributed by atoms with Crippen LogP contribution in [0.1, 0.15) is 264 Å². The maximum atomic E-state index is 13.0. The number of unbranched alkanes of at least 4 members (excludes halogenated alkanes) is 30. The Labute approximate surface area is 464 Å². The van der Waals surface area contributed by atoms with Gasteiger partial charge in [-0.2, -0.15) is 0 Å². The Morgan fingerprint density at radius 1 is 0.513 bits per heavy atom. The Kier molecular flexibility index (Phi) is 50.6. The predicted octanol–water partition coefficient (Wildman–Crippen LogP) is 14.8. The van der Waals surface area contributed by atoms with Gasteiger partial charge in [-0.05, 0) is 110 Å². The molecule has 0 spiro atoms. The Balaban J connectivity index is 1.99. The first-order valence-corrected chi connectivity index (χ1v) is 31.2. The molecule has 1 heterocycles. The van der Waals surface area contributed by atoms with E-state index in [2.05, 4.69) is 66.9 Å². The number of ether oxygens (including phenoxy) is 3. The van der Waals surface area contributed by atoms with Crippen LogP contribution in [0.2, 0.25) is 0 Å². The number of hydrogen-bond acceptors (Lipinski definition) is 10. The fourth-order valence-corrected chi connectivity index (χ4v) is 9.38. The molecule has 1 aliphatic rings. The molecule has 0 aromatic heterocycles. The summed E-state index contributed by atoms with van der Waals surface area (Å²) in [5.74, 6) is -0.220. The second kappa shape index (κ2) is 54.1. The van der Waals surface area contributed by atoms with Gasteiger partial charge in [-0.3, -0.25) is 9.59 Å². The largest absolute Gasteiger partial charge is 0.466 e. The molecule has 0 aromatic rings. The molecule has 1 aliphatic heterocycles. The highest BCUT2D eigenvalue weighted by Gasteiger charge is 2.44. The molecular formula is C65H115NO10. The van der Waals surface area contributed by atoms with Crippen molar-refractivity contribution in [3.63, 3.8) is 0 Å². The summed E-state index contributed by atoms with van der Waals surface area (Å²) >= 11 is 0. The summed E-state index contributed by atoms with van der Waals surface area (Å²) in [5.41, 5.74) is 0. The monoisotopic (exact) mass is 1070 g/mol. The third kappa shape index (κ3) is 43.0. The van der Waals surface area contributed by atoms with Crippen LogP contribution in [0.4, 0.5) is 0 Å². The maximum Gasteiger partial charge on any atom is 0.305 e. The number of carbonyl (C=O) groups is 2. The van der Waals surface area contributed by atoms with E-state index in [0.717, 1.165) is 83.5 Å². The lowest BCUT2D eigenvalue weighted by molar-refractivity contribution is -0.302. The van der Waals surface area contributed by atoms with E-state index in [4.69, 9.17) is 14.2 Å². The fourth-order valence-electron chi connectivity index (χ4n) is 9.38. The van der Waals surface area contributed by atoms with Crippen molar-refractivity contribution in [2.75, 3.05) is 19.8 Å². The van der Waals surface area contributed by atoms with Crippen molar-refractivity contribution in [1.29, 1.82) is 0 Å². The Morgan fingerprint density at radius 3 is 1.46 bits per heavy atom. The van der Waals surface area contributed by atoms with Gasteiger partial charge >= 0.3 is 5.97 Å². The lowest BCUT2D eigenvalue weighted by Crippen LogP contribution is -2.60. The molecule has 0 radical (unpaired) electrons. The standard InChI is InChI=1S/C65H115NO10/c1-3-5-7-9-11-13-14-15-16-23-27-30-33-37-41-45-49-53-61(70)74-54-50-46-42-38-34-31-28-25-22-20-18-17-19-21-24-26-29-32-36-40-44-48-52-60(69)66-57(58(68)51-47-43-39-35-12-10-8-6-4-2)56-75-65-64(73)63(72)62(71)59(55-67)76-65/h4,6,11-13,15-16,19,21,35,47,51,57-59,62-65,67-68,71-73H,3,5,7-10,14,17-18,20,22-34,36-46,48-50,52-56H2,1-2H3,(H,66,69)/b6-4+,13-11-,16-15-,21-19-,35-12+,51-47+. The minimum absolute atomic E-state index is 0.0121. The van der Waals surface area contributed by atoms with Crippen molar-refractivity contribution in [3.8, 4) is 0 Å². The highest BCUT2D eigenvalue weighted by atomic mass is 16.7. The van der Waals surface area contributed by atoms with Gasteiger partial charge in [0.2, 0.25) is 5.91 Å². The minimum atomic E-state index is -1.58. The lowest BCUT2D eigenvalue weighted by Gasteiger charge is -2.40. The number of rotatable bonds is 53. The third-order valence-electron chi connectivity index (χ3n) is 14.3. The number of esters is 1. The zero-order valence-corrected chi connectivity index (χ0v) is 48.4. The number of carbonyl (C=O) groups excluding carboxylic acids is 2. The molecule has 11 heteroatoms. The van der Waals surface area contributed by atoms with Gasteiger partial charge in [0.15, 0.2) is 6.29 Å². The summed E-state index contributed by atoms with van der Waals surface area (Å²) in [5, 5.41) is 54.1. The van der Waals surface area contributed by atoms with Crippen molar-refractivity contribution >= 4 is 11.9 Å². The van der Waals surface area contributed by atoms with Crippen molar-refractivity contribution in [2.24, 2.45) is 0 Å². The number of amides is 1. The molecule has 0 aliphatic carbocycles. The van der Waals surface area contributed by atoms with Gasteiger partial charge in [-0.1, -0.05) is 215 Å². The van der Waals surface area contributed by atoms with Crippen molar-refractivity contribution in [1.82, 2.24) is 5.32 Å². The molecule has 1 amide bonds. The van der Waals surface area contributed by atoms with E-state index in [0.29, 0.717) is 25.9 Å². The number of aliphatic hydroxyl groups excluding tert-OH is 5. The van der Waals surface area contributed by atoms with E-state index in [1.54, 1.807) is 6.08 Å². The molecule has 1 rings (SSSR count). The quantitative estimate of drug-likeness (QED) is 0.0195. The number of nitrogens with one attached hydrogen (secondary N) is 1. The average Bonchev–Trinajstić information content (AvgIpc) is 3.42. The molecule has 0 aromatic carbocycles. The number of hydrogen-bond donors (Lipinski definition) is 6. The molecule has 11 nitrogen and oxygen atoms in total. The highest BCUT2D eigenvalue weighted by Crippen LogP contribution is 2.23. The summed E-state index contributed by atoms with van der Waals surface area (Å²) in [6.07, 6.45) is 61.8. The second-order valence-electron chi connectivity index (χ2n) is 21.4. The molecule has 0 bridgehead atoms. The van der Waals surface area contributed by atoms with Crippen LogP contribution in [-0.2, 0) is 23.8 Å². The topological polar surface area (TPSA) is 175 Å². The highest BCUT2D eigenvalue weighted by molar-refractivity contribution is 5.76. The maximum absolute atomic E-state index is 13.0. The van der Waals surface area contributed by atoms with Gasteiger partial charge in [0.1, 0.15) is 24.4 Å². The molecule has 1 fully saturated rings.